The summed E-state index contributed by atoms with van der Waals surface area (Å²) in [6, 6.07) is 12.3. The van der Waals surface area contributed by atoms with E-state index in [-0.39, 0.29) is 12.2 Å². The van der Waals surface area contributed by atoms with E-state index in [1.165, 1.54) is 13.0 Å². The Morgan fingerprint density at radius 1 is 1.21 bits per heavy atom. The molecular formula is C20H15F3N3O3. The minimum Gasteiger partial charge on any atom is -0.395 e. The van der Waals surface area contributed by atoms with Crippen LogP contribution in [-0.4, -0.2) is 35.1 Å². The van der Waals surface area contributed by atoms with E-state index in [0.717, 1.165) is 17.0 Å². The van der Waals surface area contributed by atoms with E-state index in [1.54, 1.807) is 24.3 Å². The number of nitrogens with zero attached hydrogens (tertiary/aromatic N) is 3. The van der Waals surface area contributed by atoms with Gasteiger partial charge in [-0.25, -0.2) is 9.69 Å². The van der Waals surface area contributed by atoms with Gasteiger partial charge in [0.2, 0.25) is 0 Å². The Morgan fingerprint density at radius 3 is 2.41 bits per heavy atom. The van der Waals surface area contributed by atoms with E-state index < -0.39 is 41.4 Å². The fourth-order valence-corrected chi connectivity index (χ4v) is 3.37. The van der Waals surface area contributed by atoms with Crippen molar-refractivity contribution < 1.29 is 27.9 Å². The molecule has 2 aromatic rings. The summed E-state index contributed by atoms with van der Waals surface area (Å²) in [4.78, 5) is 28.0. The first kappa shape index (κ1) is 20.4. The number of hydrogen-bond acceptors (Lipinski definition) is 4. The number of aliphatic hydroxyl groups excluding tert-OH is 1. The van der Waals surface area contributed by atoms with Crippen molar-refractivity contribution in [3.8, 4) is 6.07 Å². The normalized spacial score (nSPS) is 19.6. The average Bonchev–Trinajstić information content (AvgIpc) is 2.89. The number of anilines is 1. The molecule has 1 aliphatic heterocycles. The summed E-state index contributed by atoms with van der Waals surface area (Å²) in [5.74, 6) is -0.764. The van der Waals surface area contributed by atoms with Crippen molar-refractivity contribution in [1.29, 1.82) is 5.26 Å². The second-order valence-electron chi connectivity index (χ2n) is 6.50. The van der Waals surface area contributed by atoms with Crippen LogP contribution in [-0.2, 0) is 16.5 Å². The Labute approximate surface area is 164 Å². The first-order chi connectivity index (χ1) is 13.7. The summed E-state index contributed by atoms with van der Waals surface area (Å²) < 4.78 is 40.0. The molecule has 1 atom stereocenters. The summed E-state index contributed by atoms with van der Waals surface area (Å²) in [5, 5.41) is 18.3. The number of imide groups is 1. The number of urea groups is 1. The van der Waals surface area contributed by atoms with Gasteiger partial charge in [-0.2, -0.15) is 18.4 Å². The molecule has 1 fully saturated rings. The van der Waals surface area contributed by atoms with Crippen LogP contribution in [0.3, 0.4) is 0 Å². The summed E-state index contributed by atoms with van der Waals surface area (Å²) in [7, 11) is 0. The summed E-state index contributed by atoms with van der Waals surface area (Å²) in [6.07, 6.45) is -4.84. The molecule has 1 saturated heterocycles. The third-order valence-electron chi connectivity index (χ3n) is 4.87. The molecule has 29 heavy (non-hydrogen) atoms. The predicted molar refractivity (Wildman–Crippen MR) is 95.5 cm³/mol. The van der Waals surface area contributed by atoms with Gasteiger partial charge in [-0.1, -0.05) is 24.3 Å². The highest BCUT2D eigenvalue weighted by atomic mass is 19.4. The number of β-amino-alcohol motifs (C(OH)–C–C–N with tert-alkyl or cyclic N) is 1. The molecule has 1 N–H and O–H groups in total. The number of alkyl halides is 3. The zero-order valence-corrected chi connectivity index (χ0v) is 15.2. The number of nitriles is 1. The van der Waals surface area contributed by atoms with Crippen molar-refractivity contribution in [2.75, 3.05) is 18.1 Å². The van der Waals surface area contributed by atoms with E-state index in [9.17, 15) is 27.9 Å². The lowest BCUT2D eigenvalue weighted by Crippen LogP contribution is -2.45. The highest BCUT2D eigenvalue weighted by Crippen LogP contribution is 2.41. The summed E-state index contributed by atoms with van der Waals surface area (Å²) in [6.45, 7) is 0.827. The molecule has 149 valence electrons. The number of rotatable bonds is 4. The highest BCUT2D eigenvalue weighted by molar-refractivity contribution is 6.23. The van der Waals surface area contributed by atoms with Crippen LogP contribution in [0.1, 0.15) is 23.6 Å². The third-order valence-corrected chi connectivity index (χ3v) is 4.87. The van der Waals surface area contributed by atoms with Crippen molar-refractivity contribution in [3.05, 3.63) is 65.2 Å². The Morgan fingerprint density at radius 2 is 1.86 bits per heavy atom. The molecule has 9 heteroatoms. The van der Waals surface area contributed by atoms with Gasteiger partial charge in [-0.05, 0) is 36.8 Å². The molecule has 1 heterocycles. The van der Waals surface area contributed by atoms with Crippen LogP contribution < -0.4 is 4.90 Å². The Bertz CT molecular complexity index is 1000. The fourth-order valence-electron chi connectivity index (χ4n) is 3.37. The number of carbonyl (C=O) groups is 2. The largest absolute Gasteiger partial charge is 0.417 e. The molecule has 0 aromatic heterocycles. The fraction of sp³-hybridized carbons (Fsp3) is 0.250. The minimum atomic E-state index is -4.84. The molecule has 0 bridgehead atoms. The monoisotopic (exact) mass is 402 g/mol. The van der Waals surface area contributed by atoms with Gasteiger partial charge in [-0.15, -0.1) is 0 Å². The number of hydrogen-bond donors (Lipinski definition) is 1. The number of carbonyl (C=O) groups excluding carboxylic acids is 2. The third kappa shape index (κ3) is 3.21. The second-order valence-corrected chi connectivity index (χ2v) is 6.50. The standard InChI is InChI=1S/C20H15F3N3O3/c1-19(14-5-3-2-4-6-14)17(28)26(18(29)25(19)9-10-27)15-8-7-13(12-24)16(11-15)20(21,22)23/h3-8,11,27H,9-10H2,1H3. The summed E-state index contributed by atoms with van der Waals surface area (Å²) >= 11 is 0. The van der Waals surface area contributed by atoms with Gasteiger partial charge in [0.25, 0.3) is 5.91 Å². The maximum absolute atomic E-state index is 13.3. The lowest BCUT2D eigenvalue weighted by Gasteiger charge is -2.31. The lowest BCUT2D eigenvalue weighted by atomic mass is 9.90. The van der Waals surface area contributed by atoms with Gasteiger partial charge in [0.05, 0.1) is 29.5 Å². The van der Waals surface area contributed by atoms with Gasteiger partial charge < -0.3 is 10.0 Å². The highest BCUT2D eigenvalue weighted by Gasteiger charge is 2.55. The van der Waals surface area contributed by atoms with Gasteiger partial charge in [0.15, 0.2) is 0 Å². The Kier molecular flexibility index (Phi) is 5.07. The topological polar surface area (TPSA) is 84.6 Å². The van der Waals surface area contributed by atoms with E-state index in [1.807, 2.05) is 0 Å². The van der Waals surface area contributed by atoms with E-state index >= 15 is 0 Å². The Hall–Kier alpha value is -3.38. The van der Waals surface area contributed by atoms with E-state index in [4.69, 9.17) is 5.26 Å². The van der Waals surface area contributed by atoms with Crippen molar-refractivity contribution >= 4 is 17.6 Å². The molecule has 0 aliphatic carbocycles. The van der Waals surface area contributed by atoms with Crippen LogP contribution in [0.25, 0.3) is 0 Å². The van der Waals surface area contributed by atoms with Gasteiger partial charge in [-0.3, -0.25) is 4.79 Å². The molecule has 6 nitrogen and oxygen atoms in total. The first-order valence-electron chi connectivity index (χ1n) is 8.51. The number of amides is 3. The van der Waals surface area contributed by atoms with Crippen molar-refractivity contribution in [2.45, 2.75) is 18.6 Å². The number of aliphatic hydroxyl groups is 1. The van der Waals surface area contributed by atoms with Crippen LogP contribution in [0.2, 0.25) is 0 Å². The number of benzene rings is 2. The molecular weight excluding hydrogens is 387 g/mol. The smallest absolute Gasteiger partial charge is 0.395 e. The maximum Gasteiger partial charge on any atom is 0.417 e. The van der Waals surface area contributed by atoms with Crippen LogP contribution in [0.4, 0.5) is 23.7 Å². The quantitative estimate of drug-likeness (QED) is 0.797. The van der Waals surface area contributed by atoms with Crippen LogP contribution in [0, 0.1) is 17.4 Å². The molecule has 1 aliphatic rings. The second kappa shape index (κ2) is 7.22. The number of halogens is 3. The van der Waals surface area contributed by atoms with Crippen molar-refractivity contribution in [3.63, 3.8) is 0 Å². The zero-order chi connectivity index (χ0) is 21.4. The van der Waals surface area contributed by atoms with Crippen LogP contribution in [0.5, 0.6) is 0 Å². The average molecular weight is 402 g/mol. The minimum absolute atomic E-state index is 0.196. The van der Waals surface area contributed by atoms with Gasteiger partial charge in [0, 0.05) is 6.54 Å². The van der Waals surface area contributed by atoms with E-state index in [0.29, 0.717) is 16.5 Å². The first-order valence-corrected chi connectivity index (χ1v) is 8.51. The predicted octanol–water partition coefficient (Wildman–Crippen LogP) is 3.05. The molecule has 1 unspecified atom stereocenters. The van der Waals surface area contributed by atoms with E-state index in [2.05, 4.69) is 6.07 Å². The SMILES string of the molecule is CC1(c2cc[c]cc2)C(=O)N(c2ccc(C#N)c(C(F)(F)F)c2)C(=O)N1CCO. The molecule has 0 saturated carbocycles. The van der Waals surface area contributed by atoms with Gasteiger partial charge in [0.1, 0.15) is 5.54 Å². The maximum atomic E-state index is 13.3. The molecule has 1 radical (unpaired) electrons. The van der Waals surface area contributed by atoms with Crippen LogP contribution in [0.15, 0.2) is 42.5 Å². The van der Waals surface area contributed by atoms with Gasteiger partial charge >= 0.3 is 12.2 Å². The molecule has 2 aromatic carbocycles. The molecule has 3 rings (SSSR count). The molecule has 0 spiro atoms. The van der Waals surface area contributed by atoms with Crippen molar-refractivity contribution in [1.82, 2.24) is 4.90 Å². The zero-order valence-electron chi connectivity index (χ0n) is 15.2. The van der Waals surface area contributed by atoms with Crippen LogP contribution >= 0.6 is 0 Å². The molecule has 3 amide bonds. The summed E-state index contributed by atoms with van der Waals surface area (Å²) in [5.41, 5.74) is -3.26. The Balaban J connectivity index is 2.16. The van der Waals surface area contributed by atoms with Crippen molar-refractivity contribution in [2.24, 2.45) is 0 Å². The lowest BCUT2D eigenvalue weighted by molar-refractivity contribution is -0.137.